The van der Waals surface area contributed by atoms with Crippen LogP contribution in [0.4, 0.5) is 0 Å². The van der Waals surface area contributed by atoms with Gasteiger partial charge >= 0.3 is 11.9 Å². The van der Waals surface area contributed by atoms with E-state index in [1.807, 2.05) is 41.5 Å². The van der Waals surface area contributed by atoms with E-state index in [0.29, 0.717) is 0 Å². The Labute approximate surface area is 174 Å². The highest BCUT2D eigenvalue weighted by Gasteiger charge is 2.28. The predicted octanol–water partition coefficient (Wildman–Crippen LogP) is 3.98. The van der Waals surface area contributed by atoms with Crippen LogP contribution in [0, 0.1) is 10.8 Å². The average Bonchev–Trinajstić information content (AvgIpc) is 2.69. The summed E-state index contributed by atoms with van der Waals surface area (Å²) in [7, 11) is 0. The van der Waals surface area contributed by atoms with Gasteiger partial charge in [0.15, 0.2) is 0 Å². The minimum atomic E-state index is -0.755. The normalized spacial score (nSPS) is 14.2. The van der Waals surface area contributed by atoms with Crippen molar-refractivity contribution in [2.45, 2.75) is 73.0 Å². The van der Waals surface area contributed by atoms with E-state index < -0.39 is 24.1 Å². The molecule has 0 aliphatic carbocycles. The summed E-state index contributed by atoms with van der Waals surface area (Å²) in [4.78, 5) is 24.3. The number of benzene rings is 1. The number of rotatable bonds is 11. The molecule has 1 aromatic rings. The number of ether oxygens (including phenoxy) is 2. The van der Waals surface area contributed by atoms with Crippen molar-refractivity contribution in [1.29, 1.82) is 0 Å². The van der Waals surface area contributed by atoms with E-state index in [1.54, 1.807) is 0 Å². The van der Waals surface area contributed by atoms with E-state index >= 15 is 0 Å². The molecule has 0 heterocycles. The zero-order chi connectivity index (χ0) is 22.2. The summed E-state index contributed by atoms with van der Waals surface area (Å²) < 4.78 is 10.4. The molecule has 6 nitrogen and oxygen atoms in total. The van der Waals surface area contributed by atoms with Crippen LogP contribution in [0.1, 0.15) is 81.5 Å². The van der Waals surface area contributed by atoms with Gasteiger partial charge in [0.2, 0.25) is 0 Å². The lowest BCUT2D eigenvalue weighted by Crippen LogP contribution is -2.34. The molecular weight excluding hydrogens is 372 g/mol. The number of aliphatic hydroxyl groups excluding tert-OH is 2. The van der Waals surface area contributed by atoms with Crippen molar-refractivity contribution >= 4 is 11.9 Å². The van der Waals surface area contributed by atoms with Crippen LogP contribution in [0.15, 0.2) is 24.3 Å². The highest BCUT2D eigenvalue weighted by molar-refractivity contribution is 5.93. The molecule has 0 aliphatic rings. The molecule has 0 aromatic heterocycles. The molecule has 0 saturated carbocycles. The van der Waals surface area contributed by atoms with Gasteiger partial charge in [0.25, 0.3) is 0 Å². The van der Waals surface area contributed by atoms with E-state index in [9.17, 15) is 19.8 Å². The number of carbonyl (C=O) groups is 2. The van der Waals surface area contributed by atoms with Crippen LogP contribution in [-0.2, 0) is 9.47 Å². The standard InChI is InChI=1S/C23H36O6/c1-7-13-23(5,6)19(25)15-29-21(27)17-11-9-16(10-12-17)20(26)28-14-18(24)22(3,4)8-2/h9-12,18-19,24-25H,7-8,13-15H2,1-6H3. The summed E-state index contributed by atoms with van der Waals surface area (Å²) in [6, 6.07) is 5.92. The summed E-state index contributed by atoms with van der Waals surface area (Å²) >= 11 is 0. The number of esters is 2. The Balaban J connectivity index is 2.60. The Morgan fingerprint density at radius 2 is 1.21 bits per heavy atom. The topological polar surface area (TPSA) is 93.1 Å². The van der Waals surface area contributed by atoms with Gasteiger partial charge in [-0.1, -0.05) is 48.0 Å². The number of aliphatic hydroxyl groups is 2. The lowest BCUT2D eigenvalue weighted by atomic mass is 9.82. The first-order chi connectivity index (χ1) is 13.4. The van der Waals surface area contributed by atoms with Gasteiger partial charge in [-0.3, -0.25) is 0 Å². The van der Waals surface area contributed by atoms with E-state index in [-0.39, 0.29) is 35.2 Å². The Morgan fingerprint density at radius 1 is 0.828 bits per heavy atom. The summed E-state index contributed by atoms with van der Waals surface area (Å²) in [5, 5.41) is 20.4. The summed E-state index contributed by atoms with van der Waals surface area (Å²) in [6.07, 6.45) is 1.01. The molecule has 6 heteroatoms. The largest absolute Gasteiger partial charge is 0.459 e. The molecule has 1 aromatic carbocycles. The maximum atomic E-state index is 12.2. The minimum Gasteiger partial charge on any atom is -0.459 e. The molecule has 1 rings (SSSR count). The lowest BCUT2D eigenvalue weighted by Gasteiger charge is -2.29. The molecule has 0 fully saturated rings. The van der Waals surface area contributed by atoms with Gasteiger partial charge in [0.05, 0.1) is 23.3 Å². The second kappa shape index (κ2) is 10.7. The molecule has 0 bridgehead atoms. The first-order valence-corrected chi connectivity index (χ1v) is 10.2. The Morgan fingerprint density at radius 3 is 1.55 bits per heavy atom. The summed E-state index contributed by atoms with van der Waals surface area (Å²) in [6.45, 7) is 11.5. The molecule has 29 heavy (non-hydrogen) atoms. The van der Waals surface area contributed by atoms with Gasteiger partial charge in [-0.05, 0) is 47.9 Å². The fraction of sp³-hybridized carbons (Fsp3) is 0.652. The minimum absolute atomic E-state index is 0.0826. The third kappa shape index (κ3) is 7.44. The number of carbonyl (C=O) groups excluding carboxylic acids is 2. The van der Waals surface area contributed by atoms with E-state index in [1.165, 1.54) is 24.3 Å². The second-order valence-electron chi connectivity index (χ2n) is 8.89. The molecule has 2 unspecified atom stereocenters. The molecule has 164 valence electrons. The van der Waals surface area contributed by atoms with Crippen molar-refractivity contribution < 1.29 is 29.3 Å². The average molecular weight is 409 g/mol. The highest BCUT2D eigenvalue weighted by Crippen LogP contribution is 2.27. The first kappa shape index (κ1) is 25.1. The number of hydrogen-bond donors (Lipinski definition) is 2. The Bertz CT molecular complexity index is 662. The predicted molar refractivity (Wildman–Crippen MR) is 112 cm³/mol. The van der Waals surface area contributed by atoms with Gasteiger partial charge in [-0.25, -0.2) is 9.59 Å². The molecule has 0 saturated heterocycles. The van der Waals surface area contributed by atoms with Crippen LogP contribution < -0.4 is 0 Å². The maximum absolute atomic E-state index is 12.2. The van der Waals surface area contributed by atoms with Crippen molar-refractivity contribution in [3.05, 3.63) is 35.4 Å². The molecule has 0 aliphatic heterocycles. The first-order valence-electron chi connectivity index (χ1n) is 10.2. The van der Waals surface area contributed by atoms with Crippen molar-refractivity contribution in [3.8, 4) is 0 Å². The van der Waals surface area contributed by atoms with Gasteiger partial charge in [-0.15, -0.1) is 0 Å². The number of hydrogen-bond acceptors (Lipinski definition) is 6. The van der Waals surface area contributed by atoms with Gasteiger partial charge in [-0.2, -0.15) is 0 Å². The van der Waals surface area contributed by atoms with Crippen LogP contribution >= 0.6 is 0 Å². The van der Waals surface area contributed by atoms with Crippen LogP contribution in [0.25, 0.3) is 0 Å². The molecular formula is C23H36O6. The van der Waals surface area contributed by atoms with Crippen LogP contribution in [0.3, 0.4) is 0 Å². The third-order valence-electron chi connectivity index (χ3n) is 5.71. The van der Waals surface area contributed by atoms with Crippen LogP contribution in [-0.4, -0.2) is 47.6 Å². The highest BCUT2D eigenvalue weighted by atomic mass is 16.5. The van der Waals surface area contributed by atoms with Crippen molar-refractivity contribution in [2.24, 2.45) is 10.8 Å². The quantitative estimate of drug-likeness (QED) is 0.538. The van der Waals surface area contributed by atoms with Gasteiger partial charge in [0.1, 0.15) is 13.2 Å². The lowest BCUT2D eigenvalue weighted by molar-refractivity contribution is -0.0198. The van der Waals surface area contributed by atoms with Gasteiger partial charge < -0.3 is 19.7 Å². The molecule has 0 amide bonds. The molecule has 2 N–H and O–H groups in total. The Hall–Kier alpha value is -1.92. The van der Waals surface area contributed by atoms with Gasteiger partial charge in [0, 0.05) is 0 Å². The molecule has 0 spiro atoms. The Kier molecular flexibility index (Phi) is 9.30. The van der Waals surface area contributed by atoms with Crippen molar-refractivity contribution in [3.63, 3.8) is 0 Å². The molecule has 0 radical (unpaired) electrons. The van der Waals surface area contributed by atoms with E-state index in [2.05, 4.69) is 0 Å². The zero-order valence-corrected chi connectivity index (χ0v) is 18.5. The van der Waals surface area contributed by atoms with Crippen molar-refractivity contribution in [1.82, 2.24) is 0 Å². The van der Waals surface area contributed by atoms with Crippen molar-refractivity contribution in [2.75, 3.05) is 13.2 Å². The fourth-order valence-electron chi connectivity index (χ4n) is 2.72. The van der Waals surface area contributed by atoms with Crippen LogP contribution in [0.5, 0.6) is 0 Å². The fourth-order valence-corrected chi connectivity index (χ4v) is 2.72. The SMILES string of the molecule is CCCC(C)(C)C(O)COC(=O)c1ccc(C(=O)OCC(O)C(C)(C)CC)cc1. The monoisotopic (exact) mass is 408 g/mol. The van der Waals surface area contributed by atoms with E-state index in [0.717, 1.165) is 19.3 Å². The summed E-state index contributed by atoms with van der Waals surface area (Å²) in [5.41, 5.74) is -0.106. The third-order valence-corrected chi connectivity index (χ3v) is 5.71. The van der Waals surface area contributed by atoms with Crippen LogP contribution in [0.2, 0.25) is 0 Å². The molecule has 2 atom stereocenters. The maximum Gasteiger partial charge on any atom is 0.338 e. The summed E-state index contributed by atoms with van der Waals surface area (Å²) in [5.74, 6) is -1.12. The van der Waals surface area contributed by atoms with E-state index in [4.69, 9.17) is 9.47 Å². The second-order valence-corrected chi connectivity index (χ2v) is 8.89. The zero-order valence-electron chi connectivity index (χ0n) is 18.5. The smallest absolute Gasteiger partial charge is 0.338 e.